The molecule has 1 rings (SSSR count). The SMILES string of the molecule is CCOC(=O)C(=O)N1CCCC1C(C)C. The number of hydrogen-bond donors (Lipinski definition) is 0. The van der Waals surface area contributed by atoms with Gasteiger partial charge in [-0.15, -0.1) is 0 Å². The van der Waals surface area contributed by atoms with E-state index in [1.165, 1.54) is 0 Å². The summed E-state index contributed by atoms with van der Waals surface area (Å²) < 4.78 is 4.71. The largest absolute Gasteiger partial charge is 0.459 e. The molecule has 1 heterocycles. The molecule has 0 aromatic rings. The Bertz CT molecular complexity index is 250. The molecule has 0 saturated carbocycles. The molecule has 1 aliphatic rings. The van der Waals surface area contributed by atoms with Crippen molar-refractivity contribution < 1.29 is 14.3 Å². The van der Waals surface area contributed by atoms with Gasteiger partial charge in [-0.3, -0.25) is 4.79 Å². The standard InChI is InChI=1S/C11H19NO3/c1-4-15-11(14)10(13)12-7-5-6-9(12)8(2)3/h8-9H,4-7H2,1-3H3. The highest BCUT2D eigenvalue weighted by molar-refractivity contribution is 6.32. The van der Waals surface area contributed by atoms with Gasteiger partial charge in [-0.25, -0.2) is 4.79 Å². The summed E-state index contributed by atoms with van der Waals surface area (Å²) in [7, 11) is 0. The lowest BCUT2D eigenvalue weighted by molar-refractivity contribution is -0.160. The summed E-state index contributed by atoms with van der Waals surface area (Å²) in [6, 6.07) is 0.196. The highest BCUT2D eigenvalue weighted by Crippen LogP contribution is 2.23. The van der Waals surface area contributed by atoms with Gasteiger partial charge >= 0.3 is 11.9 Å². The van der Waals surface area contributed by atoms with E-state index < -0.39 is 11.9 Å². The Morgan fingerprint density at radius 2 is 2.13 bits per heavy atom. The molecule has 0 radical (unpaired) electrons. The first-order valence-electron chi connectivity index (χ1n) is 5.55. The van der Waals surface area contributed by atoms with Crippen molar-refractivity contribution >= 4 is 11.9 Å². The molecule has 1 atom stereocenters. The van der Waals surface area contributed by atoms with Gasteiger partial charge in [0, 0.05) is 12.6 Å². The molecule has 1 unspecified atom stereocenters. The molecule has 1 amide bonds. The molecule has 1 aliphatic heterocycles. The maximum Gasteiger partial charge on any atom is 0.397 e. The van der Waals surface area contributed by atoms with Crippen LogP contribution in [0, 0.1) is 5.92 Å². The number of amides is 1. The van der Waals surface area contributed by atoms with Crippen molar-refractivity contribution in [3.05, 3.63) is 0 Å². The van der Waals surface area contributed by atoms with Crippen molar-refractivity contribution in [1.82, 2.24) is 4.90 Å². The molecule has 0 aromatic carbocycles. The van der Waals surface area contributed by atoms with Crippen LogP contribution in [0.15, 0.2) is 0 Å². The van der Waals surface area contributed by atoms with Crippen molar-refractivity contribution in [3.63, 3.8) is 0 Å². The lowest BCUT2D eigenvalue weighted by Gasteiger charge is -2.26. The summed E-state index contributed by atoms with van der Waals surface area (Å²) in [5, 5.41) is 0. The minimum Gasteiger partial charge on any atom is -0.459 e. The zero-order chi connectivity index (χ0) is 11.4. The number of carbonyl (C=O) groups excluding carboxylic acids is 2. The molecule has 4 nitrogen and oxygen atoms in total. The predicted molar refractivity (Wildman–Crippen MR) is 56.2 cm³/mol. The number of nitrogens with zero attached hydrogens (tertiary/aromatic N) is 1. The Balaban J connectivity index is 2.62. The van der Waals surface area contributed by atoms with Crippen LogP contribution in [0.4, 0.5) is 0 Å². The third kappa shape index (κ3) is 2.70. The highest BCUT2D eigenvalue weighted by Gasteiger charge is 2.34. The molecule has 0 aromatic heterocycles. The molecular weight excluding hydrogens is 194 g/mol. The first-order chi connectivity index (χ1) is 7.07. The van der Waals surface area contributed by atoms with Crippen LogP contribution >= 0.6 is 0 Å². The Morgan fingerprint density at radius 3 is 2.67 bits per heavy atom. The number of carbonyl (C=O) groups is 2. The summed E-state index contributed by atoms with van der Waals surface area (Å²) in [6.07, 6.45) is 1.97. The minimum atomic E-state index is -0.718. The third-order valence-corrected chi connectivity index (χ3v) is 2.78. The second kappa shape index (κ2) is 5.14. The fourth-order valence-corrected chi connectivity index (χ4v) is 2.05. The topological polar surface area (TPSA) is 46.6 Å². The normalized spacial score (nSPS) is 20.8. The van der Waals surface area contributed by atoms with Crippen LogP contribution in [-0.2, 0) is 14.3 Å². The van der Waals surface area contributed by atoms with Gasteiger partial charge in [-0.2, -0.15) is 0 Å². The van der Waals surface area contributed by atoms with Crippen LogP contribution in [0.5, 0.6) is 0 Å². The zero-order valence-corrected chi connectivity index (χ0v) is 9.66. The van der Waals surface area contributed by atoms with Crippen molar-refractivity contribution in [2.45, 2.75) is 39.7 Å². The van der Waals surface area contributed by atoms with E-state index in [-0.39, 0.29) is 12.6 Å². The van der Waals surface area contributed by atoms with E-state index in [0.717, 1.165) is 12.8 Å². The summed E-state index contributed by atoms with van der Waals surface area (Å²) >= 11 is 0. The van der Waals surface area contributed by atoms with Gasteiger partial charge in [0.05, 0.1) is 6.61 Å². The Kier molecular flexibility index (Phi) is 4.12. The summed E-state index contributed by atoms with van der Waals surface area (Å²) in [5.74, 6) is -0.802. The number of rotatable bonds is 2. The minimum absolute atomic E-state index is 0.196. The van der Waals surface area contributed by atoms with E-state index in [0.29, 0.717) is 12.5 Å². The Labute approximate surface area is 90.6 Å². The Morgan fingerprint density at radius 1 is 1.47 bits per heavy atom. The van der Waals surface area contributed by atoms with E-state index in [1.807, 2.05) is 0 Å². The van der Waals surface area contributed by atoms with Gasteiger partial charge in [0.2, 0.25) is 0 Å². The van der Waals surface area contributed by atoms with Crippen molar-refractivity contribution in [2.24, 2.45) is 5.92 Å². The molecule has 1 fully saturated rings. The first kappa shape index (κ1) is 12.0. The van der Waals surface area contributed by atoms with E-state index in [9.17, 15) is 9.59 Å². The van der Waals surface area contributed by atoms with E-state index in [4.69, 9.17) is 4.74 Å². The van der Waals surface area contributed by atoms with E-state index >= 15 is 0 Å². The monoisotopic (exact) mass is 213 g/mol. The molecule has 15 heavy (non-hydrogen) atoms. The maximum atomic E-state index is 11.7. The molecule has 1 saturated heterocycles. The second-order valence-electron chi connectivity index (χ2n) is 4.17. The van der Waals surface area contributed by atoms with E-state index in [1.54, 1.807) is 11.8 Å². The smallest absolute Gasteiger partial charge is 0.397 e. The van der Waals surface area contributed by atoms with Gasteiger partial charge in [0.15, 0.2) is 0 Å². The second-order valence-corrected chi connectivity index (χ2v) is 4.17. The molecule has 0 aliphatic carbocycles. The van der Waals surface area contributed by atoms with Gasteiger partial charge in [0.25, 0.3) is 0 Å². The van der Waals surface area contributed by atoms with Crippen LogP contribution in [0.2, 0.25) is 0 Å². The van der Waals surface area contributed by atoms with Crippen LogP contribution in [0.3, 0.4) is 0 Å². The van der Waals surface area contributed by atoms with Crippen molar-refractivity contribution in [1.29, 1.82) is 0 Å². The van der Waals surface area contributed by atoms with Crippen LogP contribution in [0.25, 0.3) is 0 Å². The molecular formula is C11H19NO3. The van der Waals surface area contributed by atoms with Crippen LogP contribution in [-0.4, -0.2) is 36.0 Å². The number of esters is 1. The molecule has 4 heteroatoms. The number of ether oxygens (including phenoxy) is 1. The van der Waals surface area contributed by atoms with E-state index in [2.05, 4.69) is 13.8 Å². The van der Waals surface area contributed by atoms with Gasteiger partial charge in [-0.1, -0.05) is 13.8 Å². The fraction of sp³-hybridized carbons (Fsp3) is 0.818. The Hall–Kier alpha value is -1.06. The molecule has 0 bridgehead atoms. The van der Waals surface area contributed by atoms with Crippen molar-refractivity contribution in [3.8, 4) is 0 Å². The van der Waals surface area contributed by atoms with Crippen molar-refractivity contribution in [2.75, 3.05) is 13.2 Å². The number of hydrogen-bond acceptors (Lipinski definition) is 3. The first-order valence-corrected chi connectivity index (χ1v) is 5.55. The maximum absolute atomic E-state index is 11.7. The zero-order valence-electron chi connectivity index (χ0n) is 9.66. The quantitative estimate of drug-likeness (QED) is 0.511. The third-order valence-electron chi connectivity index (χ3n) is 2.78. The van der Waals surface area contributed by atoms with Gasteiger partial charge in [0.1, 0.15) is 0 Å². The fourth-order valence-electron chi connectivity index (χ4n) is 2.05. The lowest BCUT2D eigenvalue weighted by atomic mass is 10.0. The average Bonchev–Trinajstić information content (AvgIpc) is 2.65. The summed E-state index contributed by atoms with van der Waals surface area (Å²) in [6.45, 7) is 6.78. The number of likely N-dealkylation sites (tertiary alicyclic amines) is 1. The molecule has 86 valence electrons. The van der Waals surface area contributed by atoms with Gasteiger partial charge in [-0.05, 0) is 25.7 Å². The molecule has 0 N–H and O–H groups in total. The average molecular weight is 213 g/mol. The lowest BCUT2D eigenvalue weighted by Crippen LogP contribution is -2.43. The summed E-state index contributed by atoms with van der Waals surface area (Å²) in [4.78, 5) is 24.6. The van der Waals surface area contributed by atoms with Crippen LogP contribution in [0.1, 0.15) is 33.6 Å². The summed E-state index contributed by atoms with van der Waals surface area (Å²) in [5.41, 5.74) is 0. The highest BCUT2D eigenvalue weighted by atomic mass is 16.5. The van der Waals surface area contributed by atoms with Crippen LogP contribution < -0.4 is 0 Å². The van der Waals surface area contributed by atoms with Gasteiger partial charge < -0.3 is 9.64 Å². The molecule has 0 spiro atoms. The predicted octanol–water partition coefficient (Wildman–Crippen LogP) is 1.20.